The molecular formula is C21H17F3N4O3S. The number of alkyl halides is 3. The van der Waals surface area contributed by atoms with Crippen LogP contribution in [0.5, 0.6) is 0 Å². The van der Waals surface area contributed by atoms with Gasteiger partial charge in [-0.1, -0.05) is 6.07 Å². The number of carbonyl (C=O) groups is 2. The average molecular weight is 462 g/mol. The van der Waals surface area contributed by atoms with Crippen LogP contribution in [0, 0.1) is 6.92 Å². The molecule has 32 heavy (non-hydrogen) atoms. The van der Waals surface area contributed by atoms with Crippen LogP contribution in [0.1, 0.15) is 26.7 Å². The number of rotatable bonds is 6. The van der Waals surface area contributed by atoms with E-state index in [9.17, 15) is 22.8 Å². The molecule has 1 aromatic carbocycles. The Kier molecular flexibility index (Phi) is 5.74. The molecule has 3 aromatic heterocycles. The van der Waals surface area contributed by atoms with Crippen molar-refractivity contribution in [2.45, 2.75) is 19.6 Å². The predicted molar refractivity (Wildman–Crippen MR) is 112 cm³/mol. The molecule has 166 valence electrons. The Labute approximate surface area is 183 Å². The highest BCUT2D eigenvalue weighted by Crippen LogP contribution is 2.33. The summed E-state index contributed by atoms with van der Waals surface area (Å²) in [6, 6.07) is 9.85. The van der Waals surface area contributed by atoms with Gasteiger partial charge in [0, 0.05) is 5.39 Å². The number of benzene rings is 1. The normalized spacial score (nSPS) is 11.6. The van der Waals surface area contributed by atoms with Crippen molar-refractivity contribution in [2.24, 2.45) is 0 Å². The summed E-state index contributed by atoms with van der Waals surface area (Å²) in [6.07, 6.45) is -2.98. The van der Waals surface area contributed by atoms with Crippen molar-refractivity contribution in [3.63, 3.8) is 0 Å². The summed E-state index contributed by atoms with van der Waals surface area (Å²) in [5, 5.41) is 10.1. The van der Waals surface area contributed by atoms with E-state index >= 15 is 0 Å². The van der Waals surface area contributed by atoms with Gasteiger partial charge in [-0.15, -0.1) is 11.3 Å². The van der Waals surface area contributed by atoms with E-state index in [1.54, 1.807) is 25.1 Å². The monoisotopic (exact) mass is 462 g/mol. The molecule has 0 fully saturated rings. The van der Waals surface area contributed by atoms with Gasteiger partial charge >= 0.3 is 6.18 Å². The van der Waals surface area contributed by atoms with Crippen molar-refractivity contribution in [3.8, 4) is 5.69 Å². The number of nitrogens with one attached hydrogen (secondary N) is 2. The Morgan fingerprint density at radius 1 is 1.16 bits per heavy atom. The molecule has 0 saturated carbocycles. The third-order valence-electron chi connectivity index (χ3n) is 4.64. The summed E-state index contributed by atoms with van der Waals surface area (Å²) in [7, 11) is 0. The molecule has 7 nitrogen and oxygen atoms in total. The molecular weight excluding hydrogens is 445 g/mol. The summed E-state index contributed by atoms with van der Waals surface area (Å²) < 4.78 is 45.7. The van der Waals surface area contributed by atoms with E-state index in [1.165, 1.54) is 23.1 Å². The van der Waals surface area contributed by atoms with E-state index < -0.39 is 17.6 Å². The van der Waals surface area contributed by atoms with Crippen LogP contribution in [0.3, 0.4) is 0 Å². The van der Waals surface area contributed by atoms with Gasteiger partial charge in [-0.2, -0.15) is 18.3 Å². The lowest BCUT2D eigenvalue weighted by molar-refractivity contribution is -0.137. The van der Waals surface area contributed by atoms with Gasteiger partial charge in [-0.25, -0.2) is 4.68 Å². The molecule has 0 aliphatic carbocycles. The van der Waals surface area contributed by atoms with Crippen molar-refractivity contribution in [1.82, 2.24) is 20.4 Å². The Bertz CT molecular complexity index is 1280. The van der Waals surface area contributed by atoms with E-state index in [0.717, 1.165) is 23.5 Å². The zero-order valence-electron chi connectivity index (χ0n) is 16.7. The van der Waals surface area contributed by atoms with Crippen molar-refractivity contribution >= 4 is 33.4 Å². The average Bonchev–Trinajstić information content (AvgIpc) is 3.48. The lowest BCUT2D eigenvalue weighted by Gasteiger charge is -2.09. The third-order valence-corrected chi connectivity index (χ3v) is 5.75. The molecule has 0 saturated heterocycles. The van der Waals surface area contributed by atoms with Gasteiger partial charge in [-0.3, -0.25) is 9.59 Å². The SMILES string of the molecule is Cc1nn(-c2cccc(C(F)(F)F)c2)c2sc(C(=O)NCC(=O)NCc3ccco3)cc12. The van der Waals surface area contributed by atoms with Crippen LogP contribution in [0.25, 0.3) is 15.9 Å². The Morgan fingerprint density at radius 2 is 1.97 bits per heavy atom. The van der Waals surface area contributed by atoms with E-state index in [0.29, 0.717) is 26.5 Å². The molecule has 0 bridgehead atoms. The van der Waals surface area contributed by atoms with Crippen LogP contribution in [-0.2, 0) is 17.5 Å². The standard InChI is InChI=1S/C21H17F3N4O3S/c1-12-16-9-17(19(30)26-11-18(29)25-10-15-6-3-7-31-15)32-20(16)28(27-12)14-5-2-4-13(8-14)21(22,23)24/h2-9H,10-11H2,1H3,(H,25,29)(H,26,30). The molecule has 4 aromatic rings. The first-order valence-corrected chi connectivity index (χ1v) is 10.3. The molecule has 2 N–H and O–H groups in total. The van der Waals surface area contributed by atoms with Crippen molar-refractivity contribution in [3.05, 3.63) is 70.6 Å². The maximum atomic E-state index is 13.1. The molecule has 0 unspecified atom stereocenters. The molecule has 0 aliphatic heterocycles. The van der Waals surface area contributed by atoms with Gasteiger partial charge in [-0.05, 0) is 43.3 Å². The van der Waals surface area contributed by atoms with Crippen LogP contribution in [0.2, 0.25) is 0 Å². The quantitative estimate of drug-likeness (QED) is 0.452. The minimum absolute atomic E-state index is 0.205. The molecule has 3 heterocycles. The summed E-state index contributed by atoms with van der Waals surface area (Å²) >= 11 is 1.08. The number of halogens is 3. The lowest BCUT2D eigenvalue weighted by atomic mass is 10.2. The maximum absolute atomic E-state index is 13.1. The Balaban J connectivity index is 1.49. The number of furan rings is 1. The highest BCUT2D eigenvalue weighted by atomic mass is 32.1. The first-order valence-electron chi connectivity index (χ1n) is 9.46. The summed E-state index contributed by atoms with van der Waals surface area (Å²) in [6.45, 7) is 1.69. The number of aromatic nitrogens is 2. The molecule has 4 rings (SSSR count). The fraction of sp³-hybridized carbons (Fsp3) is 0.190. The van der Waals surface area contributed by atoms with Gasteiger partial charge in [0.25, 0.3) is 5.91 Å². The maximum Gasteiger partial charge on any atom is 0.416 e. The lowest BCUT2D eigenvalue weighted by Crippen LogP contribution is -2.36. The fourth-order valence-electron chi connectivity index (χ4n) is 3.06. The van der Waals surface area contributed by atoms with Crippen LogP contribution in [0.15, 0.2) is 53.1 Å². The zero-order valence-corrected chi connectivity index (χ0v) is 17.5. The Morgan fingerprint density at radius 3 is 2.69 bits per heavy atom. The van der Waals surface area contributed by atoms with Crippen molar-refractivity contribution in [2.75, 3.05) is 6.54 Å². The number of amides is 2. The smallest absolute Gasteiger partial charge is 0.416 e. The number of thiophene rings is 1. The van der Waals surface area contributed by atoms with E-state index in [-0.39, 0.29) is 24.7 Å². The van der Waals surface area contributed by atoms with E-state index in [2.05, 4.69) is 15.7 Å². The first kappa shape index (κ1) is 21.6. The second kappa shape index (κ2) is 8.50. The molecule has 11 heteroatoms. The van der Waals surface area contributed by atoms with Gasteiger partial charge in [0.15, 0.2) is 0 Å². The molecule has 2 amide bonds. The number of aryl methyl sites for hydroxylation is 1. The van der Waals surface area contributed by atoms with Crippen molar-refractivity contribution in [1.29, 1.82) is 0 Å². The Hall–Kier alpha value is -3.60. The van der Waals surface area contributed by atoms with Crippen molar-refractivity contribution < 1.29 is 27.2 Å². The van der Waals surface area contributed by atoms with Crippen LogP contribution < -0.4 is 10.6 Å². The summed E-state index contributed by atoms with van der Waals surface area (Å²) in [5.41, 5.74) is 0.0272. The second-order valence-corrected chi connectivity index (χ2v) is 7.94. The number of hydrogen-bond donors (Lipinski definition) is 2. The minimum Gasteiger partial charge on any atom is -0.467 e. The van der Waals surface area contributed by atoms with E-state index in [4.69, 9.17) is 4.42 Å². The molecule has 0 aliphatic rings. The number of carbonyl (C=O) groups excluding carboxylic acids is 2. The molecule has 0 spiro atoms. The van der Waals surface area contributed by atoms with Crippen LogP contribution >= 0.6 is 11.3 Å². The topological polar surface area (TPSA) is 89.2 Å². The zero-order chi connectivity index (χ0) is 22.9. The first-order chi connectivity index (χ1) is 15.2. The summed E-state index contributed by atoms with van der Waals surface area (Å²) in [5.74, 6) is -0.264. The van der Waals surface area contributed by atoms with Gasteiger partial charge in [0.1, 0.15) is 10.6 Å². The van der Waals surface area contributed by atoms with E-state index in [1.807, 2.05) is 0 Å². The van der Waals surface area contributed by atoms with Gasteiger partial charge < -0.3 is 15.1 Å². The fourth-order valence-corrected chi connectivity index (χ4v) is 4.16. The highest BCUT2D eigenvalue weighted by Gasteiger charge is 2.31. The van der Waals surface area contributed by atoms with Crippen LogP contribution in [-0.4, -0.2) is 28.1 Å². The second-order valence-electron chi connectivity index (χ2n) is 6.91. The molecule has 0 atom stereocenters. The highest BCUT2D eigenvalue weighted by molar-refractivity contribution is 7.20. The number of fused-ring (bicyclic) bond motifs is 1. The van der Waals surface area contributed by atoms with Crippen LogP contribution in [0.4, 0.5) is 13.2 Å². The van der Waals surface area contributed by atoms with Gasteiger partial charge in [0.05, 0.1) is 41.2 Å². The predicted octanol–water partition coefficient (Wildman–Crippen LogP) is 4.05. The number of nitrogens with zero attached hydrogens (tertiary/aromatic N) is 2. The minimum atomic E-state index is -4.48. The number of hydrogen-bond acceptors (Lipinski definition) is 5. The van der Waals surface area contributed by atoms with Gasteiger partial charge in [0.2, 0.25) is 5.91 Å². The largest absolute Gasteiger partial charge is 0.467 e. The molecule has 0 radical (unpaired) electrons. The third kappa shape index (κ3) is 4.52. The summed E-state index contributed by atoms with van der Waals surface area (Å²) in [4.78, 5) is 25.3.